The first-order valence-electron chi connectivity index (χ1n) is 15.3. The molecular weight excluding hydrogens is 649 g/mol. The van der Waals surface area contributed by atoms with Gasteiger partial charge >= 0.3 is 6.36 Å². The van der Waals surface area contributed by atoms with E-state index in [1.807, 2.05) is 60.7 Å². The Morgan fingerprint density at radius 3 is 2.02 bits per heavy atom. The van der Waals surface area contributed by atoms with Crippen molar-refractivity contribution in [3.63, 3.8) is 0 Å². The zero-order valence-electron chi connectivity index (χ0n) is 26.4. The molecule has 254 valence electrons. The van der Waals surface area contributed by atoms with Crippen LogP contribution in [0.4, 0.5) is 13.2 Å². The van der Waals surface area contributed by atoms with Crippen LogP contribution in [0.1, 0.15) is 34.7 Å². The lowest BCUT2D eigenvalue weighted by atomic mass is 9.76. The maximum atomic E-state index is 12.8. The molecular formula is C37H36ClF3O7. The predicted molar refractivity (Wildman–Crippen MR) is 172 cm³/mol. The van der Waals surface area contributed by atoms with Crippen LogP contribution in [0.25, 0.3) is 0 Å². The number of aldehydes is 1. The average Bonchev–Trinajstić information content (AvgIpc) is 3.09. The minimum absolute atomic E-state index is 0.151. The van der Waals surface area contributed by atoms with Crippen LogP contribution >= 0.6 is 11.6 Å². The topological polar surface area (TPSA) is 83.5 Å². The van der Waals surface area contributed by atoms with E-state index in [4.69, 9.17) is 30.5 Å². The standard InChI is InChI=1S/C37H36ClF3O7/c1-25-33(45-21-27-9-5-3-6-10-27)34(46-22-28-11-7-4-8-12-28)36(44-2,48-35(25,23-42)24-43)30-15-18-32(38)29(20-30)19-26-13-16-31(17-14-26)47-37(39,40)41/h3-18,20,23,25,33-34,43H,19,21-22,24H2,1-2H3/t25-,33-,34+,35+,36-/m0/s1. The lowest BCUT2D eigenvalue weighted by Gasteiger charge is -2.54. The SMILES string of the molecule is CO[C@@]1(c2ccc(Cl)c(Cc3ccc(OC(F)(F)F)cc3)c2)O[C@](C=O)(CO)[C@@H](C)[C@H](OCc2ccccc2)[C@H]1OCc1ccccc1. The van der Waals surface area contributed by atoms with Gasteiger partial charge in [-0.1, -0.05) is 97.4 Å². The molecule has 0 spiro atoms. The van der Waals surface area contributed by atoms with E-state index in [0.29, 0.717) is 28.0 Å². The molecule has 0 aromatic heterocycles. The summed E-state index contributed by atoms with van der Waals surface area (Å²) in [5.41, 5.74) is 1.72. The number of alkyl halides is 3. The fraction of sp³-hybridized carbons (Fsp3) is 0.324. The number of halogens is 4. The molecule has 11 heteroatoms. The van der Waals surface area contributed by atoms with Gasteiger partial charge in [0.1, 0.15) is 11.9 Å². The molecule has 1 heterocycles. The van der Waals surface area contributed by atoms with Crippen molar-refractivity contribution in [2.75, 3.05) is 13.7 Å². The Labute approximate surface area is 282 Å². The van der Waals surface area contributed by atoms with Gasteiger partial charge in [0.2, 0.25) is 5.79 Å². The van der Waals surface area contributed by atoms with Gasteiger partial charge in [-0.2, -0.15) is 0 Å². The summed E-state index contributed by atoms with van der Waals surface area (Å²) < 4.78 is 68.0. The van der Waals surface area contributed by atoms with Gasteiger partial charge in [0.05, 0.1) is 25.9 Å². The second-order valence-corrected chi connectivity index (χ2v) is 12.1. The smallest absolute Gasteiger partial charge is 0.406 e. The molecule has 1 N–H and O–H groups in total. The van der Waals surface area contributed by atoms with Gasteiger partial charge in [0.15, 0.2) is 11.9 Å². The average molecular weight is 685 g/mol. The third-order valence-electron chi connectivity index (χ3n) is 8.59. The van der Waals surface area contributed by atoms with E-state index in [9.17, 15) is 23.1 Å². The summed E-state index contributed by atoms with van der Waals surface area (Å²) in [6, 6.07) is 29.6. The summed E-state index contributed by atoms with van der Waals surface area (Å²) in [5.74, 6) is -2.81. The van der Waals surface area contributed by atoms with E-state index in [1.54, 1.807) is 25.1 Å². The predicted octanol–water partition coefficient (Wildman–Crippen LogP) is 7.40. The van der Waals surface area contributed by atoms with Crippen molar-refractivity contribution < 1.29 is 46.8 Å². The van der Waals surface area contributed by atoms with Crippen molar-refractivity contribution in [2.24, 2.45) is 5.92 Å². The van der Waals surface area contributed by atoms with Gasteiger partial charge in [-0.3, -0.25) is 0 Å². The molecule has 1 saturated heterocycles. The number of hydrogen-bond donors (Lipinski definition) is 1. The molecule has 1 aliphatic rings. The molecule has 1 fully saturated rings. The maximum absolute atomic E-state index is 12.8. The van der Waals surface area contributed by atoms with Crippen molar-refractivity contribution in [3.8, 4) is 5.75 Å². The first kappa shape index (κ1) is 35.5. The van der Waals surface area contributed by atoms with Crippen LogP contribution in [0.5, 0.6) is 5.75 Å². The first-order chi connectivity index (χ1) is 23.0. The molecule has 4 aromatic rings. The molecule has 4 aromatic carbocycles. The van der Waals surface area contributed by atoms with Crippen LogP contribution in [0.2, 0.25) is 5.02 Å². The highest BCUT2D eigenvalue weighted by molar-refractivity contribution is 6.31. The summed E-state index contributed by atoms with van der Waals surface area (Å²) >= 11 is 6.64. The highest BCUT2D eigenvalue weighted by atomic mass is 35.5. The third kappa shape index (κ3) is 7.92. The minimum Gasteiger partial charge on any atom is -0.406 e. The number of aliphatic hydroxyl groups is 1. The lowest BCUT2D eigenvalue weighted by molar-refractivity contribution is -0.389. The number of aliphatic hydroxyl groups excluding tert-OH is 1. The molecule has 7 nitrogen and oxygen atoms in total. The van der Waals surface area contributed by atoms with Crippen LogP contribution in [0.3, 0.4) is 0 Å². The van der Waals surface area contributed by atoms with E-state index < -0.39 is 42.5 Å². The van der Waals surface area contributed by atoms with Gasteiger partial charge < -0.3 is 33.6 Å². The van der Waals surface area contributed by atoms with E-state index >= 15 is 0 Å². The van der Waals surface area contributed by atoms with Crippen LogP contribution in [-0.2, 0) is 49.2 Å². The molecule has 0 aliphatic carbocycles. The molecule has 0 bridgehead atoms. The third-order valence-corrected chi connectivity index (χ3v) is 8.95. The van der Waals surface area contributed by atoms with E-state index in [2.05, 4.69) is 4.74 Å². The van der Waals surface area contributed by atoms with E-state index in [0.717, 1.165) is 11.1 Å². The van der Waals surface area contributed by atoms with Crippen molar-refractivity contribution in [2.45, 2.75) is 56.5 Å². The summed E-state index contributed by atoms with van der Waals surface area (Å²) in [5, 5.41) is 11.0. The van der Waals surface area contributed by atoms with Gasteiger partial charge in [-0.25, -0.2) is 0 Å². The van der Waals surface area contributed by atoms with Crippen molar-refractivity contribution in [1.29, 1.82) is 0 Å². The zero-order chi connectivity index (χ0) is 34.4. The number of carbonyl (C=O) groups excluding carboxylic acids is 1. The van der Waals surface area contributed by atoms with Crippen LogP contribution in [0.15, 0.2) is 103 Å². The number of ether oxygens (including phenoxy) is 5. The summed E-state index contributed by atoms with van der Waals surface area (Å²) in [6.07, 6.45) is -5.79. The molecule has 0 saturated carbocycles. The van der Waals surface area contributed by atoms with E-state index in [-0.39, 0.29) is 25.4 Å². The molecule has 48 heavy (non-hydrogen) atoms. The normalized spacial score (nSPS) is 24.3. The lowest BCUT2D eigenvalue weighted by Crippen LogP contribution is -2.68. The Bertz CT molecular complexity index is 1640. The van der Waals surface area contributed by atoms with Crippen molar-refractivity contribution in [1.82, 2.24) is 0 Å². The van der Waals surface area contributed by atoms with Crippen LogP contribution < -0.4 is 4.74 Å². The fourth-order valence-corrected chi connectivity index (χ4v) is 6.14. The highest BCUT2D eigenvalue weighted by Gasteiger charge is 2.62. The van der Waals surface area contributed by atoms with Crippen molar-refractivity contribution in [3.05, 3.63) is 136 Å². The minimum atomic E-state index is -4.81. The number of hydrogen-bond acceptors (Lipinski definition) is 7. The maximum Gasteiger partial charge on any atom is 0.573 e. The number of benzene rings is 4. The highest BCUT2D eigenvalue weighted by Crippen LogP contribution is 2.48. The second-order valence-electron chi connectivity index (χ2n) is 11.6. The molecule has 5 rings (SSSR count). The zero-order valence-corrected chi connectivity index (χ0v) is 27.1. The Morgan fingerprint density at radius 2 is 1.48 bits per heavy atom. The molecule has 5 atom stereocenters. The number of rotatable bonds is 13. The Hall–Kier alpha value is -3.77. The molecule has 1 aliphatic heterocycles. The van der Waals surface area contributed by atoms with Crippen molar-refractivity contribution >= 4 is 17.9 Å². The summed E-state index contributed by atoms with van der Waals surface area (Å²) in [6.45, 7) is 1.43. The van der Waals surface area contributed by atoms with Gasteiger partial charge in [0.25, 0.3) is 0 Å². The first-order valence-corrected chi connectivity index (χ1v) is 15.7. The Morgan fingerprint density at radius 1 is 0.875 bits per heavy atom. The second kappa shape index (κ2) is 15.2. The van der Waals surface area contributed by atoms with Crippen LogP contribution in [0, 0.1) is 5.92 Å². The largest absolute Gasteiger partial charge is 0.573 e. The summed E-state index contributed by atoms with van der Waals surface area (Å²) in [7, 11) is 1.42. The number of methoxy groups -OCH3 is 1. The Balaban J connectivity index is 1.56. The summed E-state index contributed by atoms with van der Waals surface area (Å²) in [4.78, 5) is 12.8. The van der Waals surface area contributed by atoms with E-state index in [1.165, 1.54) is 31.4 Å². The molecule has 0 radical (unpaired) electrons. The molecule has 0 unspecified atom stereocenters. The quantitative estimate of drug-likeness (QED) is 0.147. The Kier molecular flexibility index (Phi) is 11.2. The van der Waals surface area contributed by atoms with Gasteiger partial charge in [-0.05, 0) is 52.9 Å². The molecule has 0 amide bonds. The van der Waals surface area contributed by atoms with Gasteiger partial charge in [-0.15, -0.1) is 13.2 Å². The fourth-order valence-electron chi connectivity index (χ4n) is 5.95. The number of carbonyl (C=O) groups is 1. The monoisotopic (exact) mass is 684 g/mol. The van der Waals surface area contributed by atoms with Gasteiger partial charge in [0, 0.05) is 23.6 Å². The van der Waals surface area contributed by atoms with Crippen LogP contribution in [-0.4, -0.2) is 49.3 Å².